The van der Waals surface area contributed by atoms with Gasteiger partial charge in [-0.25, -0.2) is 0 Å². The first-order valence-electron chi connectivity index (χ1n) is 3.20. The summed E-state index contributed by atoms with van der Waals surface area (Å²) in [4.78, 5) is 0. The summed E-state index contributed by atoms with van der Waals surface area (Å²) < 4.78 is 0. The second-order valence-corrected chi connectivity index (χ2v) is 1.41. The molecule has 11 heavy (non-hydrogen) atoms. The number of para-hydroxylation sites is 1. The molecule has 0 aliphatic rings. The number of nitrogens with two attached hydrogens (primary N) is 1. The Morgan fingerprint density at radius 3 is 1.55 bits per heavy atom. The summed E-state index contributed by atoms with van der Waals surface area (Å²) >= 11 is 0. The number of nitrogen functional groups attached to an aromatic ring is 1. The van der Waals surface area contributed by atoms with Gasteiger partial charge >= 0.3 is 0 Å². The van der Waals surface area contributed by atoms with Gasteiger partial charge in [0.15, 0.2) is 0 Å². The first kappa shape index (κ1) is 17.2. The van der Waals surface area contributed by atoms with E-state index in [2.05, 4.69) is 0 Å². The molecule has 0 aliphatic carbocycles. The summed E-state index contributed by atoms with van der Waals surface area (Å²) in [6.45, 7) is 4.00. The molecular formula is C8H15NOU. The van der Waals surface area contributed by atoms with Crippen LogP contribution < -0.4 is 5.73 Å². The molecular weight excluding hydrogens is 364 g/mol. The Kier molecular flexibility index (Phi) is 19.8. The summed E-state index contributed by atoms with van der Waals surface area (Å²) in [5.41, 5.74) is 6.18. The van der Waals surface area contributed by atoms with E-state index in [1.54, 1.807) is 0 Å². The number of rotatable bonds is 0. The molecule has 0 spiro atoms. The van der Waals surface area contributed by atoms with Gasteiger partial charge in [0.25, 0.3) is 0 Å². The van der Waals surface area contributed by atoms with Gasteiger partial charge in [-0.1, -0.05) is 32.0 Å². The van der Waals surface area contributed by atoms with Crippen LogP contribution >= 0.6 is 0 Å². The minimum Gasteiger partial charge on any atom is -0.412 e. The number of hydrogen-bond donors (Lipinski definition) is 1. The van der Waals surface area contributed by atoms with E-state index in [0.29, 0.717) is 0 Å². The second kappa shape index (κ2) is 12.7. The van der Waals surface area contributed by atoms with Crippen molar-refractivity contribution in [2.75, 3.05) is 5.73 Å². The molecule has 1 aromatic rings. The van der Waals surface area contributed by atoms with Gasteiger partial charge in [0.1, 0.15) is 0 Å². The van der Waals surface area contributed by atoms with Crippen molar-refractivity contribution >= 4 is 5.69 Å². The van der Waals surface area contributed by atoms with Crippen molar-refractivity contribution in [2.24, 2.45) is 0 Å². The normalized spacial score (nSPS) is 6.00. The fraction of sp³-hybridized carbons (Fsp3) is 0.250. The van der Waals surface area contributed by atoms with Crippen LogP contribution in [0.2, 0.25) is 0 Å². The third-order valence-corrected chi connectivity index (χ3v) is 0.800. The van der Waals surface area contributed by atoms with Gasteiger partial charge in [0.2, 0.25) is 0 Å². The van der Waals surface area contributed by atoms with Crippen LogP contribution in [0.3, 0.4) is 0 Å². The van der Waals surface area contributed by atoms with Gasteiger partial charge in [0, 0.05) is 36.8 Å². The summed E-state index contributed by atoms with van der Waals surface area (Å²) in [7, 11) is 0. The van der Waals surface area contributed by atoms with Gasteiger partial charge in [-0.05, 0) is 12.1 Å². The van der Waals surface area contributed by atoms with Crippen molar-refractivity contribution < 1.29 is 36.6 Å². The standard InChI is InChI=1S/C6H7N.C2H6.H2O.U/c7-6-4-2-1-3-5-6;1-2;;/h1-5H,7H2;1-2H3;1H2;. The van der Waals surface area contributed by atoms with Crippen LogP contribution in [-0.2, 0) is 0 Å². The SMILES string of the molecule is CC.Nc1ccccc1.O.[U]. The monoisotopic (exact) mass is 379 g/mol. The zero-order valence-electron chi connectivity index (χ0n) is 6.96. The summed E-state index contributed by atoms with van der Waals surface area (Å²) in [6.07, 6.45) is 0. The first-order chi connectivity index (χ1) is 4.39. The van der Waals surface area contributed by atoms with Crippen molar-refractivity contribution in [2.45, 2.75) is 13.8 Å². The fourth-order valence-corrected chi connectivity index (χ4v) is 0.453. The van der Waals surface area contributed by atoms with Crippen molar-refractivity contribution in [3.05, 3.63) is 30.3 Å². The fourth-order valence-electron chi connectivity index (χ4n) is 0.453. The molecule has 0 aliphatic heterocycles. The van der Waals surface area contributed by atoms with Gasteiger partial charge in [-0.2, -0.15) is 0 Å². The maximum absolute atomic E-state index is 5.36. The molecule has 0 radical (unpaired) electrons. The van der Waals surface area contributed by atoms with Crippen LogP contribution in [0.15, 0.2) is 30.3 Å². The average molecular weight is 379 g/mol. The third kappa shape index (κ3) is 10.0. The molecule has 2 nitrogen and oxygen atoms in total. The van der Waals surface area contributed by atoms with E-state index in [4.69, 9.17) is 5.73 Å². The quantitative estimate of drug-likeness (QED) is 0.682. The Bertz CT molecular complexity index is 144. The van der Waals surface area contributed by atoms with E-state index in [1.807, 2.05) is 44.2 Å². The van der Waals surface area contributed by atoms with Crippen LogP contribution in [0, 0.1) is 31.1 Å². The molecule has 0 amide bonds. The van der Waals surface area contributed by atoms with Crippen LogP contribution in [0.25, 0.3) is 0 Å². The molecule has 0 aromatic heterocycles. The van der Waals surface area contributed by atoms with Crippen molar-refractivity contribution in [1.82, 2.24) is 0 Å². The Morgan fingerprint density at radius 2 is 1.36 bits per heavy atom. The van der Waals surface area contributed by atoms with E-state index >= 15 is 0 Å². The molecule has 0 heterocycles. The molecule has 1 aromatic carbocycles. The molecule has 0 saturated carbocycles. The van der Waals surface area contributed by atoms with E-state index in [-0.39, 0.29) is 36.6 Å². The molecule has 3 heteroatoms. The van der Waals surface area contributed by atoms with Crippen LogP contribution in [0.1, 0.15) is 13.8 Å². The minimum absolute atomic E-state index is 0. The van der Waals surface area contributed by atoms with Crippen molar-refractivity contribution in [3.8, 4) is 0 Å². The largest absolute Gasteiger partial charge is 0.412 e. The number of anilines is 1. The second-order valence-electron chi connectivity index (χ2n) is 1.41. The summed E-state index contributed by atoms with van der Waals surface area (Å²) in [5, 5.41) is 0. The molecule has 4 N–H and O–H groups in total. The maximum Gasteiger partial charge on any atom is 0.0313 e. The summed E-state index contributed by atoms with van der Waals surface area (Å²) in [6, 6.07) is 9.49. The van der Waals surface area contributed by atoms with Crippen molar-refractivity contribution in [3.63, 3.8) is 0 Å². The van der Waals surface area contributed by atoms with Gasteiger partial charge in [-0.15, -0.1) is 0 Å². The topological polar surface area (TPSA) is 57.5 Å². The van der Waals surface area contributed by atoms with Gasteiger partial charge < -0.3 is 11.2 Å². The van der Waals surface area contributed by atoms with Gasteiger partial charge in [0.05, 0.1) is 0 Å². The predicted molar refractivity (Wildman–Crippen MR) is 45.8 cm³/mol. The molecule has 0 saturated heterocycles. The Morgan fingerprint density at radius 1 is 1.00 bits per heavy atom. The van der Waals surface area contributed by atoms with E-state index in [0.717, 1.165) is 5.69 Å². The van der Waals surface area contributed by atoms with E-state index in [1.165, 1.54) is 0 Å². The Labute approximate surface area is 91.9 Å². The first-order valence-corrected chi connectivity index (χ1v) is 3.20. The Balaban J connectivity index is -0.000000149. The smallest absolute Gasteiger partial charge is 0.0313 e. The van der Waals surface area contributed by atoms with Crippen LogP contribution in [0.4, 0.5) is 5.69 Å². The molecule has 0 fully saturated rings. The minimum atomic E-state index is 0. The Hall–Kier alpha value is 0.0319. The van der Waals surface area contributed by atoms with E-state index in [9.17, 15) is 0 Å². The van der Waals surface area contributed by atoms with E-state index < -0.39 is 0 Å². The van der Waals surface area contributed by atoms with Crippen molar-refractivity contribution in [1.29, 1.82) is 0 Å². The molecule has 62 valence electrons. The zero-order chi connectivity index (χ0) is 7.11. The summed E-state index contributed by atoms with van der Waals surface area (Å²) in [5.74, 6) is 0. The maximum atomic E-state index is 5.36. The molecule has 0 unspecified atom stereocenters. The molecule has 1 rings (SSSR count). The molecule has 0 bridgehead atoms. The number of benzene rings is 1. The average Bonchev–Trinajstić information content (AvgIpc) is 1.94. The zero-order valence-corrected chi connectivity index (χ0v) is 11.1. The predicted octanol–water partition coefficient (Wildman–Crippen LogP) is 1.47. The number of hydrogen-bond acceptors (Lipinski definition) is 1. The third-order valence-electron chi connectivity index (χ3n) is 0.800. The van der Waals surface area contributed by atoms with Crippen LogP contribution in [0.5, 0.6) is 0 Å². The van der Waals surface area contributed by atoms with Crippen LogP contribution in [-0.4, -0.2) is 5.48 Å². The molecule has 0 atom stereocenters. The van der Waals surface area contributed by atoms with Gasteiger partial charge in [-0.3, -0.25) is 0 Å².